The van der Waals surface area contributed by atoms with Gasteiger partial charge >= 0.3 is 11.9 Å². The zero-order valence-electron chi connectivity index (χ0n) is 34.9. The van der Waals surface area contributed by atoms with Gasteiger partial charge in [-0.05, 0) is 70.8 Å². The Kier molecular flexibility index (Phi) is 35.0. The van der Waals surface area contributed by atoms with Gasteiger partial charge in [-0.2, -0.15) is 0 Å². The van der Waals surface area contributed by atoms with Gasteiger partial charge in [0.15, 0.2) is 0 Å². The highest BCUT2D eigenvalue weighted by atomic mass is 16.5. The van der Waals surface area contributed by atoms with E-state index in [0.717, 1.165) is 65.0 Å². The molecule has 0 atom stereocenters. The largest absolute Gasteiger partial charge is 0.465 e. The maximum atomic E-state index is 12.6. The second kappa shape index (κ2) is 37.6. The summed E-state index contributed by atoms with van der Waals surface area (Å²) in [5.41, 5.74) is 0. The number of rotatable bonds is 37. The van der Waals surface area contributed by atoms with E-state index in [4.69, 9.17) is 9.47 Å². The van der Waals surface area contributed by atoms with Gasteiger partial charge in [0.2, 0.25) is 0 Å². The molecule has 0 unspecified atom stereocenters. The summed E-state index contributed by atoms with van der Waals surface area (Å²) in [5.74, 6) is -0.208. The van der Waals surface area contributed by atoms with E-state index in [-0.39, 0.29) is 17.9 Å². The lowest BCUT2D eigenvalue weighted by Gasteiger charge is -2.35. The third-order valence-electron chi connectivity index (χ3n) is 10.7. The lowest BCUT2D eigenvalue weighted by Crippen LogP contribution is -2.48. The molecule has 1 saturated heterocycles. The molecule has 0 bridgehead atoms. The van der Waals surface area contributed by atoms with Crippen LogP contribution in [0.25, 0.3) is 0 Å². The number of carbonyl (C=O) groups is 2. The number of esters is 2. The van der Waals surface area contributed by atoms with Crippen LogP contribution in [-0.4, -0.2) is 74.2 Å². The number of ether oxygens (including phenoxy) is 2. The van der Waals surface area contributed by atoms with Crippen molar-refractivity contribution in [2.24, 2.45) is 5.92 Å². The zero-order chi connectivity index (χ0) is 37.6. The fraction of sp³-hybridized carbons (Fsp3) is 0.870. The Balaban J connectivity index is 2.17. The summed E-state index contributed by atoms with van der Waals surface area (Å²) in [4.78, 5) is 30.1. The van der Waals surface area contributed by atoms with E-state index in [2.05, 4.69) is 54.9 Å². The van der Waals surface area contributed by atoms with Crippen molar-refractivity contribution in [3.63, 3.8) is 0 Å². The molecule has 0 N–H and O–H groups in total. The van der Waals surface area contributed by atoms with Crippen LogP contribution in [0.2, 0.25) is 0 Å². The van der Waals surface area contributed by atoms with Gasteiger partial charge in [-0.3, -0.25) is 9.59 Å². The van der Waals surface area contributed by atoms with Gasteiger partial charge in [-0.25, -0.2) is 0 Å². The lowest BCUT2D eigenvalue weighted by molar-refractivity contribution is -0.149. The van der Waals surface area contributed by atoms with E-state index in [1.165, 1.54) is 141 Å². The van der Waals surface area contributed by atoms with Gasteiger partial charge in [-0.15, -0.1) is 0 Å². The van der Waals surface area contributed by atoms with Crippen molar-refractivity contribution in [2.75, 3.05) is 52.5 Å². The minimum Gasteiger partial charge on any atom is -0.465 e. The van der Waals surface area contributed by atoms with Gasteiger partial charge < -0.3 is 19.3 Å². The second-order valence-electron chi connectivity index (χ2n) is 15.6. The zero-order valence-corrected chi connectivity index (χ0v) is 34.9. The summed E-state index contributed by atoms with van der Waals surface area (Å²) in [6.45, 7) is 13.5. The van der Waals surface area contributed by atoms with Crippen molar-refractivity contribution in [3.8, 4) is 0 Å². The summed E-state index contributed by atoms with van der Waals surface area (Å²) >= 11 is 0. The molecule has 0 aromatic heterocycles. The molecule has 0 aliphatic carbocycles. The van der Waals surface area contributed by atoms with Crippen molar-refractivity contribution in [1.82, 2.24) is 9.80 Å². The number of nitrogens with zero attached hydrogens (tertiary/aromatic N) is 2. The van der Waals surface area contributed by atoms with Crippen LogP contribution in [0.1, 0.15) is 201 Å². The number of carbonyl (C=O) groups excluding carboxylic acids is 2. The third kappa shape index (κ3) is 31.8. The average molecular weight is 731 g/mol. The van der Waals surface area contributed by atoms with E-state index in [1.54, 1.807) is 0 Å². The Hall–Kier alpha value is -1.66. The quantitative estimate of drug-likeness (QED) is 0.0360. The Morgan fingerprint density at radius 1 is 0.462 bits per heavy atom. The number of unbranched alkanes of at least 4 members (excludes halogenated alkanes) is 22. The van der Waals surface area contributed by atoms with Crippen molar-refractivity contribution in [1.29, 1.82) is 0 Å². The van der Waals surface area contributed by atoms with E-state index in [1.807, 2.05) is 0 Å². The van der Waals surface area contributed by atoms with E-state index in [0.29, 0.717) is 26.1 Å². The van der Waals surface area contributed by atoms with E-state index >= 15 is 0 Å². The third-order valence-corrected chi connectivity index (χ3v) is 10.7. The molecule has 52 heavy (non-hydrogen) atoms. The molecule has 6 heteroatoms. The first-order chi connectivity index (χ1) is 25.6. The first-order valence-electron chi connectivity index (χ1n) is 22.6. The normalized spacial score (nSPS) is 14.3. The minimum atomic E-state index is -0.113. The maximum Gasteiger partial charge on any atom is 0.305 e. The van der Waals surface area contributed by atoms with Crippen LogP contribution < -0.4 is 0 Å². The average Bonchev–Trinajstić information content (AvgIpc) is 3.16. The lowest BCUT2D eigenvalue weighted by atomic mass is 10.1. The Morgan fingerprint density at radius 3 is 1.15 bits per heavy atom. The van der Waals surface area contributed by atoms with E-state index < -0.39 is 0 Å². The molecule has 0 aromatic rings. The maximum absolute atomic E-state index is 12.6. The smallest absolute Gasteiger partial charge is 0.305 e. The molecule has 6 nitrogen and oxygen atoms in total. The van der Waals surface area contributed by atoms with Gasteiger partial charge in [0.1, 0.15) is 0 Å². The Morgan fingerprint density at radius 2 is 0.788 bits per heavy atom. The number of hydrogen-bond donors (Lipinski definition) is 0. The molecule has 0 spiro atoms. The summed E-state index contributed by atoms with van der Waals surface area (Å²) in [6, 6.07) is 0. The molecule has 1 rings (SSSR count). The van der Waals surface area contributed by atoms with Crippen molar-refractivity contribution < 1.29 is 19.1 Å². The molecule has 1 aliphatic rings. The van der Waals surface area contributed by atoms with E-state index in [9.17, 15) is 9.59 Å². The van der Waals surface area contributed by atoms with Crippen LogP contribution in [0.15, 0.2) is 24.3 Å². The number of likely N-dealkylation sites (N-methyl/N-ethyl adjacent to an activating group) is 1. The number of allylic oxidation sites excluding steroid dienone is 4. The predicted molar refractivity (Wildman–Crippen MR) is 223 cm³/mol. The fourth-order valence-corrected chi connectivity index (χ4v) is 7.05. The first kappa shape index (κ1) is 48.4. The highest BCUT2D eigenvalue weighted by Gasteiger charge is 2.22. The fourth-order valence-electron chi connectivity index (χ4n) is 7.05. The van der Waals surface area contributed by atoms with Crippen molar-refractivity contribution in [3.05, 3.63) is 24.3 Å². The molecular weight excluding hydrogens is 645 g/mol. The summed E-state index contributed by atoms with van der Waals surface area (Å²) in [6.07, 6.45) is 42.8. The highest BCUT2D eigenvalue weighted by Crippen LogP contribution is 2.14. The molecular formula is C46H86N2O4. The van der Waals surface area contributed by atoms with Crippen LogP contribution in [0.5, 0.6) is 0 Å². The van der Waals surface area contributed by atoms with Crippen LogP contribution in [0.3, 0.4) is 0 Å². The molecule has 1 fully saturated rings. The van der Waals surface area contributed by atoms with Crippen LogP contribution in [-0.2, 0) is 19.1 Å². The minimum absolute atomic E-state index is 0.0179. The topological polar surface area (TPSA) is 59.1 Å². The van der Waals surface area contributed by atoms with Gasteiger partial charge in [0.05, 0.1) is 13.2 Å². The second-order valence-corrected chi connectivity index (χ2v) is 15.6. The summed E-state index contributed by atoms with van der Waals surface area (Å²) < 4.78 is 11.5. The molecule has 0 saturated carbocycles. The molecule has 1 aliphatic heterocycles. The molecule has 0 aromatic carbocycles. The first-order valence-corrected chi connectivity index (χ1v) is 22.6. The van der Waals surface area contributed by atoms with Crippen LogP contribution in [0, 0.1) is 5.92 Å². The van der Waals surface area contributed by atoms with Crippen LogP contribution >= 0.6 is 0 Å². The summed E-state index contributed by atoms with van der Waals surface area (Å²) in [5, 5.41) is 0. The molecule has 0 amide bonds. The van der Waals surface area contributed by atoms with Gasteiger partial charge in [-0.1, -0.05) is 148 Å². The standard InChI is InChI=1S/C46H86N2O4/c1-4-7-9-11-13-15-17-19-21-23-25-27-29-31-33-35-45(49)51-42-44(41-48-39-37-47(6-3)38-40-48)43-52-46(50)36-34-32-30-28-26-24-22-20-18-16-14-12-10-8-5-2/h19-22,44H,4-18,23-43H2,1-3H3/b21-19-,22-20-. The Labute approximate surface area is 323 Å². The van der Waals surface area contributed by atoms with Gasteiger partial charge in [0.25, 0.3) is 0 Å². The highest BCUT2D eigenvalue weighted by molar-refractivity contribution is 5.69. The van der Waals surface area contributed by atoms with Crippen molar-refractivity contribution in [2.45, 2.75) is 201 Å². The predicted octanol–water partition coefficient (Wildman–Crippen LogP) is 12.4. The molecule has 1 heterocycles. The van der Waals surface area contributed by atoms with Crippen LogP contribution in [0.4, 0.5) is 0 Å². The summed E-state index contributed by atoms with van der Waals surface area (Å²) in [7, 11) is 0. The van der Waals surface area contributed by atoms with Gasteiger partial charge in [0, 0.05) is 51.5 Å². The Bertz CT molecular complexity index is 795. The number of piperazine rings is 1. The SMILES string of the molecule is CCCCCCCC/C=C\CCCCCCCC(=O)OCC(COC(=O)CCCCCCC/C=C\CCCCCCCC)CN1CCN(CC)CC1. The molecule has 0 radical (unpaired) electrons. The monoisotopic (exact) mass is 731 g/mol. The van der Waals surface area contributed by atoms with Crippen molar-refractivity contribution >= 4 is 11.9 Å². The number of hydrogen-bond acceptors (Lipinski definition) is 6. The molecule has 304 valence electrons.